The molecule has 0 saturated heterocycles. The highest BCUT2D eigenvalue weighted by Crippen LogP contribution is 2.18. The molecule has 0 amide bonds. The summed E-state index contributed by atoms with van der Waals surface area (Å²) < 4.78 is 0. The Bertz CT molecular complexity index is 369. The molecule has 1 rings (SSSR count). The van der Waals surface area contributed by atoms with Crippen LogP contribution in [0.1, 0.15) is 15.6 Å². The van der Waals surface area contributed by atoms with Crippen LogP contribution in [0.3, 0.4) is 0 Å². The number of rotatable bonds is 2. The molecule has 0 aliphatic rings. The van der Waals surface area contributed by atoms with Crippen molar-refractivity contribution in [1.82, 2.24) is 14.8 Å². The van der Waals surface area contributed by atoms with Gasteiger partial charge in [-0.1, -0.05) is 0 Å². The molecule has 16 heavy (non-hydrogen) atoms. The molecule has 1 aromatic rings. The summed E-state index contributed by atoms with van der Waals surface area (Å²) in [5.41, 5.74) is 1.10. The first-order valence-corrected chi connectivity index (χ1v) is 6.05. The van der Waals surface area contributed by atoms with Gasteiger partial charge in [0, 0.05) is 33.1 Å². The molecular weight excluding hydrogens is 220 g/mol. The van der Waals surface area contributed by atoms with E-state index >= 15 is 0 Å². The Kier molecular flexibility index (Phi) is 4.29. The minimum absolute atomic E-state index is 0.711. The number of aliphatic imine (C=N–C) groups is 1. The van der Waals surface area contributed by atoms with Crippen molar-refractivity contribution < 1.29 is 0 Å². The van der Waals surface area contributed by atoms with Crippen molar-refractivity contribution in [3.05, 3.63) is 15.6 Å². The van der Waals surface area contributed by atoms with E-state index in [1.165, 1.54) is 4.88 Å². The molecule has 0 atom stereocenters. The third-order valence-electron chi connectivity index (χ3n) is 2.16. The van der Waals surface area contributed by atoms with E-state index in [4.69, 9.17) is 0 Å². The second-order valence-electron chi connectivity index (χ2n) is 4.15. The van der Waals surface area contributed by atoms with Crippen molar-refractivity contribution >= 4 is 17.3 Å². The number of nitrogens with zero attached hydrogens (tertiary/aromatic N) is 4. The molecule has 0 radical (unpaired) electrons. The molecule has 0 N–H and O–H groups in total. The Morgan fingerprint density at radius 2 is 1.75 bits per heavy atom. The summed E-state index contributed by atoms with van der Waals surface area (Å²) in [7, 11) is 8.01. The first kappa shape index (κ1) is 13.0. The Morgan fingerprint density at radius 1 is 1.19 bits per heavy atom. The number of thiazole rings is 1. The summed E-state index contributed by atoms with van der Waals surface area (Å²) in [6, 6.07) is 0. The predicted molar refractivity (Wildman–Crippen MR) is 70.1 cm³/mol. The topological polar surface area (TPSA) is 31.7 Å². The van der Waals surface area contributed by atoms with Gasteiger partial charge in [0.1, 0.15) is 0 Å². The van der Waals surface area contributed by atoms with Crippen LogP contribution in [0.5, 0.6) is 0 Å². The Balaban J connectivity index is 2.81. The average Bonchev–Trinajstić information content (AvgIpc) is 2.44. The highest BCUT2D eigenvalue weighted by atomic mass is 32.1. The fraction of sp³-hybridized carbons (Fsp3) is 0.636. The monoisotopic (exact) mass is 240 g/mol. The molecule has 1 heterocycles. The van der Waals surface area contributed by atoms with Gasteiger partial charge in [-0.2, -0.15) is 0 Å². The molecule has 0 aromatic carbocycles. The minimum Gasteiger partial charge on any atom is -0.349 e. The molecular formula is C11H20N4S. The zero-order valence-corrected chi connectivity index (χ0v) is 11.7. The number of guanidine groups is 1. The largest absolute Gasteiger partial charge is 0.349 e. The van der Waals surface area contributed by atoms with Gasteiger partial charge in [-0.3, -0.25) is 0 Å². The third kappa shape index (κ3) is 3.20. The van der Waals surface area contributed by atoms with E-state index in [1.54, 1.807) is 11.3 Å². The van der Waals surface area contributed by atoms with E-state index in [0.717, 1.165) is 16.7 Å². The van der Waals surface area contributed by atoms with Crippen LogP contribution < -0.4 is 0 Å². The maximum absolute atomic E-state index is 4.61. The van der Waals surface area contributed by atoms with Crippen molar-refractivity contribution in [3.8, 4) is 0 Å². The fourth-order valence-corrected chi connectivity index (χ4v) is 2.41. The fourth-order valence-electron chi connectivity index (χ4n) is 1.55. The SMILES string of the molecule is Cc1nc(C)c(CN=C(N(C)C)N(C)C)s1. The second kappa shape index (κ2) is 5.30. The summed E-state index contributed by atoms with van der Waals surface area (Å²) in [6.45, 7) is 4.78. The molecule has 0 aliphatic carbocycles. The highest BCUT2D eigenvalue weighted by Gasteiger charge is 2.07. The predicted octanol–water partition coefficient (Wildman–Crippen LogP) is 1.74. The zero-order valence-electron chi connectivity index (χ0n) is 10.9. The van der Waals surface area contributed by atoms with E-state index in [0.29, 0.717) is 6.54 Å². The molecule has 4 nitrogen and oxygen atoms in total. The van der Waals surface area contributed by atoms with Gasteiger partial charge >= 0.3 is 0 Å². The van der Waals surface area contributed by atoms with Crippen molar-refractivity contribution in [2.24, 2.45) is 4.99 Å². The normalized spacial score (nSPS) is 10.1. The maximum Gasteiger partial charge on any atom is 0.195 e. The van der Waals surface area contributed by atoms with Crippen LogP contribution >= 0.6 is 11.3 Å². The number of aromatic nitrogens is 1. The summed E-state index contributed by atoms with van der Waals surface area (Å²) in [6.07, 6.45) is 0. The van der Waals surface area contributed by atoms with Crippen molar-refractivity contribution in [1.29, 1.82) is 0 Å². The average molecular weight is 240 g/mol. The van der Waals surface area contributed by atoms with Gasteiger partial charge in [-0.05, 0) is 13.8 Å². The van der Waals surface area contributed by atoms with Gasteiger partial charge < -0.3 is 9.80 Å². The van der Waals surface area contributed by atoms with E-state index in [-0.39, 0.29) is 0 Å². The van der Waals surface area contributed by atoms with E-state index in [9.17, 15) is 0 Å². The van der Waals surface area contributed by atoms with Crippen LogP contribution in [-0.2, 0) is 6.54 Å². The van der Waals surface area contributed by atoms with Crippen LogP contribution in [0, 0.1) is 13.8 Å². The molecule has 0 spiro atoms. The molecule has 1 aromatic heterocycles. The standard InChI is InChI=1S/C11H20N4S/c1-8-10(16-9(2)13-8)7-12-11(14(3)4)15(5)6/h7H2,1-6H3. The van der Waals surface area contributed by atoms with Crippen LogP contribution in [0.25, 0.3) is 0 Å². The maximum atomic E-state index is 4.61. The van der Waals surface area contributed by atoms with Crippen LogP contribution in [0.15, 0.2) is 4.99 Å². The van der Waals surface area contributed by atoms with Crippen molar-refractivity contribution in [2.45, 2.75) is 20.4 Å². The summed E-state index contributed by atoms with van der Waals surface area (Å²) in [5, 5.41) is 1.11. The van der Waals surface area contributed by atoms with E-state index < -0.39 is 0 Å². The first-order chi connectivity index (χ1) is 7.41. The summed E-state index contributed by atoms with van der Waals surface area (Å²) in [5.74, 6) is 0.977. The van der Waals surface area contributed by atoms with E-state index in [2.05, 4.69) is 9.98 Å². The summed E-state index contributed by atoms with van der Waals surface area (Å²) >= 11 is 1.72. The number of hydrogen-bond acceptors (Lipinski definition) is 3. The molecule has 90 valence electrons. The van der Waals surface area contributed by atoms with Gasteiger partial charge in [0.15, 0.2) is 5.96 Å². The van der Waals surface area contributed by atoms with Crippen LogP contribution in [0.2, 0.25) is 0 Å². The zero-order chi connectivity index (χ0) is 12.3. The lowest BCUT2D eigenvalue weighted by molar-refractivity contribution is 0.479. The molecule has 0 fully saturated rings. The van der Waals surface area contributed by atoms with Gasteiger partial charge in [0.25, 0.3) is 0 Å². The molecule has 0 bridgehead atoms. The highest BCUT2D eigenvalue weighted by molar-refractivity contribution is 7.11. The number of hydrogen-bond donors (Lipinski definition) is 0. The smallest absolute Gasteiger partial charge is 0.195 e. The van der Waals surface area contributed by atoms with E-state index in [1.807, 2.05) is 51.8 Å². The molecule has 5 heteroatoms. The van der Waals surface area contributed by atoms with Crippen LogP contribution in [-0.4, -0.2) is 48.9 Å². The lowest BCUT2D eigenvalue weighted by Gasteiger charge is -2.22. The molecule has 0 aliphatic heterocycles. The van der Waals surface area contributed by atoms with Gasteiger partial charge in [-0.15, -0.1) is 11.3 Å². The van der Waals surface area contributed by atoms with Gasteiger partial charge in [-0.25, -0.2) is 9.98 Å². The third-order valence-corrected chi connectivity index (χ3v) is 3.22. The molecule has 0 unspecified atom stereocenters. The quantitative estimate of drug-likeness (QED) is 0.583. The lowest BCUT2D eigenvalue weighted by atomic mass is 10.4. The van der Waals surface area contributed by atoms with Gasteiger partial charge in [0.05, 0.1) is 17.2 Å². The summed E-state index contributed by atoms with van der Waals surface area (Å²) in [4.78, 5) is 14.3. The first-order valence-electron chi connectivity index (χ1n) is 5.23. The Labute approximate surface area is 102 Å². The second-order valence-corrected chi connectivity index (χ2v) is 5.43. The Morgan fingerprint density at radius 3 is 2.12 bits per heavy atom. The van der Waals surface area contributed by atoms with Crippen molar-refractivity contribution in [2.75, 3.05) is 28.2 Å². The lowest BCUT2D eigenvalue weighted by Crippen LogP contribution is -2.35. The van der Waals surface area contributed by atoms with Crippen LogP contribution in [0.4, 0.5) is 0 Å². The number of aryl methyl sites for hydroxylation is 2. The Hall–Kier alpha value is -1.10. The molecule has 0 saturated carbocycles. The van der Waals surface area contributed by atoms with Crippen molar-refractivity contribution in [3.63, 3.8) is 0 Å². The van der Waals surface area contributed by atoms with Gasteiger partial charge in [0.2, 0.25) is 0 Å². The minimum atomic E-state index is 0.711.